The number of para-hydroxylation sites is 2. The van der Waals surface area contributed by atoms with Gasteiger partial charge in [0.25, 0.3) is 0 Å². The number of aliphatic hydroxyl groups excluding tert-OH is 1. The molecule has 0 saturated carbocycles. The molecular formula is C40H42Br2N10O4. The van der Waals surface area contributed by atoms with Crippen LogP contribution in [-0.4, -0.2) is 82.7 Å². The Hall–Kier alpha value is -5.36. The minimum atomic E-state index is -0.600. The molecule has 16 heteroatoms. The zero-order valence-electron chi connectivity index (χ0n) is 30.7. The fraction of sp³-hybridized carbons (Fsp3) is 0.200. The number of nitrogens with zero attached hydrogens (tertiary/aromatic N) is 5. The largest absolute Gasteiger partial charge is 0.491 e. The van der Waals surface area contributed by atoms with Crippen LogP contribution in [0, 0.1) is 0 Å². The van der Waals surface area contributed by atoms with Gasteiger partial charge in [-0.1, -0.05) is 36.4 Å². The van der Waals surface area contributed by atoms with Gasteiger partial charge in [-0.2, -0.15) is 9.97 Å². The standard InChI is InChI=1S/C21H25BrN6O2.C19H17BrN4O2/c1-28(2)24-12-17(29)14-30-18-10-8-16(9-11-18)26-21-23-13-19(22)20(27-21)25-15-6-4-3-5-7-15;20-17-10-21-19(24-18(17)22-13-4-2-1-3-5-13)23-14-6-8-15(9-7-14)25-11-16-12-26-16/h3-11,13,17,24,29H,12,14H2,1-2H3,(H2,23,25,26,27);1-10,16H,11-12H2,(H2,21,22,23,24). The van der Waals surface area contributed by atoms with Crippen LogP contribution in [0.2, 0.25) is 0 Å². The van der Waals surface area contributed by atoms with E-state index in [0.29, 0.717) is 42.4 Å². The zero-order chi connectivity index (χ0) is 39.1. The van der Waals surface area contributed by atoms with E-state index in [4.69, 9.17) is 14.2 Å². The Kier molecular flexibility index (Phi) is 14.8. The van der Waals surface area contributed by atoms with E-state index in [1.54, 1.807) is 17.4 Å². The quantitative estimate of drug-likeness (QED) is 0.0385. The number of aliphatic hydroxyl groups is 1. The summed E-state index contributed by atoms with van der Waals surface area (Å²) in [7, 11) is 3.74. The Morgan fingerprint density at radius 2 is 1.12 bits per heavy atom. The number of halogens is 2. The lowest BCUT2D eigenvalue weighted by atomic mass is 10.3. The van der Waals surface area contributed by atoms with Gasteiger partial charge in [0, 0.05) is 55.8 Å². The Morgan fingerprint density at radius 1 is 0.679 bits per heavy atom. The molecule has 1 aliphatic heterocycles. The molecule has 1 fully saturated rings. The van der Waals surface area contributed by atoms with Crippen molar-refractivity contribution < 1.29 is 19.3 Å². The minimum Gasteiger partial charge on any atom is -0.491 e. The summed E-state index contributed by atoms with van der Waals surface area (Å²) in [5.41, 5.74) is 6.61. The molecule has 0 aliphatic carbocycles. The molecule has 0 bridgehead atoms. The Balaban J connectivity index is 0.000000191. The van der Waals surface area contributed by atoms with Crippen molar-refractivity contribution in [3.05, 3.63) is 131 Å². The molecule has 0 spiro atoms. The summed E-state index contributed by atoms with van der Waals surface area (Å²) in [5.74, 6) is 3.82. The summed E-state index contributed by atoms with van der Waals surface area (Å²) in [6.07, 6.45) is 3.06. The van der Waals surface area contributed by atoms with Crippen LogP contribution in [0.4, 0.5) is 46.3 Å². The first-order chi connectivity index (χ1) is 27.3. The number of ether oxygens (including phenoxy) is 3. The van der Waals surface area contributed by atoms with E-state index in [2.05, 4.69) is 78.5 Å². The molecule has 2 atom stereocenters. The Morgan fingerprint density at radius 3 is 1.57 bits per heavy atom. The molecule has 7 rings (SSSR count). The monoisotopic (exact) mass is 884 g/mol. The van der Waals surface area contributed by atoms with Gasteiger partial charge >= 0.3 is 0 Å². The smallest absolute Gasteiger partial charge is 0.229 e. The SMILES string of the molecule is Brc1cnc(Nc2ccc(OCC3CO3)cc2)nc1Nc1ccccc1.CN(C)NCC(O)COc1ccc(Nc2ncc(Br)c(Nc3ccccc3)n2)cc1. The predicted octanol–water partition coefficient (Wildman–Crippen LogP) is 8.04. The van der Waals surface area contributed by atoms with E-state index in [1.807, 2.05) is 123 Å². The molecule has 56 heavy (non-hydrogen) atoms. The van der Waals surface area contributed by atoms with E-state index in [-0.39, 0.29) is 12.7 Å². The number of rotatable bonds is 17. The van der Waals surface area contributed by atoms with Crippen molar-refractivity contribution in [2.45, 2.75) is 12.2 Å². The first kappa shape index (κ1) is 40.3. The van der Waals surface area contributed by atoms with Crippen LogP contribution in [0.15, 0.2) is 131 Å². The van der Waals surface area contributed by atoms with Crippen LogP contribution >= 0.6 is 31.9 Å². The van der Waals surface area contributed by atoms with Crippen LogP contribution in [0.3, 0.4) is 0 Å². The summed E-state index contributed by atoms with van der Waals surface area (Å²) in [6.45, 7) is 2.02. The van der Waals surface area contributed by atoms with Gasteiger partial charge in [0.1, 0.15) is 48.6 Å². The third-order valence-corrected chi connectivity index (χ3v) is 8.87. The highest BCUT2D eigenvalue weighted by Crippen LogP contribution is 2.27. The number of hydrogen-bond donors (Lipinski definition) is 6. The molecule has 14 nitrogen and oxygen atoms in total. The summed E-state index contributed by atoms with van der Waals surface area (Å²) in [5, 5.41) is 24.6. The molecule has 6 aromatic rings. The van der Waals surface area contributed by atoms with Crippen molar-refractivity contribution in [1.82, 2.24) is 30.4 Å². The van der Waals surface area contributed by atoms with E-state index >= 15 is 0 Å². The van der Waals surface area contributed by atoms with Gasteiger partial charge in [-0.05, 0) is 105 Å². The molecule has 0 amide bonds. The minimum absolute atomic E-state index is 0.206. The zero-order valence-corrected chi connectivity index (χ0v) is 33.9. The first-order valence-electron chi connectivity index (χ1n) is 17.7. The molecule has 1 aliphatic rings. The molecule has 4 aromatic carbocycles. The van der Waals surface area contributed by atoms with E-state index in [9.17, 15) is 5.11 Å². The van der Waals surface area contributed by atoms with Crippen molar-refractivity contribution >= 4 is 78.1 Å². The van der Waals surface area contributed by atoms with Crippen LogP contribution in [0.1, 0.15) is 0 Å². The second-order valence-electron chi connectivity index (χ2n) is 12.5. The predicted molar refractivity (Wildman–Crippen MR) is 227 cm³/mol. The topological polar surface area (TPSA) is 166 Å². The number of hydrogen-bond acceptors (Lipinski definition) is 14. The molecule has 1 saturated heterocycles. The van der Waals surface area contributed by atoms with Gasteiger partial charge < -0.3 is 40.6 Å². The van der Waals surface area contributed by atoms with Crippen LogP contribution in [0.5, 0.6) is 11.5 Å². The normalized spacial score (nSPS) is 13.5. The average molecular weight is 887 g/mol. The van der Waals surface area contributed by atoms with Gasteiger partial charge in [0.2, 0.25) is 11.9 Å². The molecule has 0 radical (unpaired) electrons. The third kappa shape index (κ3) is 13.4. The fourth-order valence-electron chi connectivity index (χ4n) is 4.77. The summed E-state index contributed by atoms with van der Waals surface area (Å²) >= 11 is 6.95. The molecule has 2 aromatic heterocycles. The number of nitrogens with one attached hydrogen (secondary N) is 5. The fourth-order valence-corrected chi connectivity index (χ4v) is 5.35. The summed E-state index contributed by atoms with van der Waals surface area (Å²) in [4.78, 5) is 17.7. The van der Waals surface area contributed by atoms with Gasteiger partial charge in [0.15, 0.2) is 0 Å². The third-order valence-electron chi connectivity index (χ3n) is 7.71. The lowest BCUT2D eigenvalue weighted by molar-refractivity contribution is 0.0884. The molecule has 6 N–H and O–H groups in total. The maximum absolute atomic E-state index is 9.91. The molecule has 2 unspecified atom stereocenters. The van der Waals surface area contributed by atoms with E-state index in [1.165, 1.54) is 0 Å². The van der Waals surface area contributed by atoms with E-state index < -0.39 is 6.10 Å². The molecule has 3 heterocycles. The summed E-state index contributed by atoms with van der Waals surface area (Å²) in [6, 6.07) is 34.7. The van der Waals surface area contributed by atoms with Crippen molar-refractivity contribution in [3.8, 4) is 11.5 Å². The van der Waals surface area contributed by atoms with Crippen LogP contribution < -0.4 is 36.2 Å². The number of aromatic nitrogens is 4. The number of benzene rings is 4. The highest BCUT2D eigenvalue weighted by molar-refractivity contribution is 9.11. The van der Waals surface area contributed by atoms with Crippen molar-refractivity contribution in [2.24, 2.45) is 0 Å². The van der Waals surface area contributed by atoms with Crippen molar-refractivity contribution in [3.63, 3.8) is 0 Å². The highest BCUT2D eigenvalue weighted by atomic mass is 79.9. The second kappa shape index (κ2) is 20.5. The molecular weight excluding hydrogens is 844 g/mol. The van der Waals surface area contributed by atoms with Gasteiger partial charge in [-0.25, -0.2) is 9.97 Å². The Labute approximate surface area is 342 Å². The second-order valence-corrected chi connectivity index (χ2v) is 14.3. The maximum atomic E-state index is 9.91. The number of epoxide rings is 1. The van der Waals surface area contributed by atoms with Gasteiger partial charge in [-0.3, -0.25) is 10.4 Å². The molecule has 290 valence electrons. The summed E-state index contributed by atoms with van der Waals surface area (Å²) < 4.78 is 17.9. The average Bonchev–Trinajstić information content (AvgIpc) is 4.05. The van der Waals surface area contributed by atoms with Gasteiger partial charge in [-0.15, -0.1) is 0 Å². The Bertz CT molecular complexity index is 2100. The lowest BCUT2D eigenvalue weighted by Crippen LogP contribution is -2.39. The lowest BCUT2D eigenvalue weighted by Gasteiger charge is -2.17. The van der Waals surface area contributed by atoms with Gasteiger partial charge in [0.05, 0.1) is 15.6 Å². The number of hydrazine groups is 1. The van der Waals surface area contributed by atoms with Crippen molar-refractivity contribution in [2.75, 3.05) is 61.7 Å². The van der Waals surface area contributed by atoms with Crippen LogP contribution in [0.25, 0.3) is 0 Å². The van der Waals surface area contributed by atoms with Crippen LogP contribution in [-0.2, 0) is 4.74 Å². The van der Waals surface area contributed by atoms with E-state index in [0.717, 1.165) is 44.1 Å². The number of anilines is 8. The maximum Gasteiger partial charge on any atom is 0.229 e. The van der Waals surface area contributed by atoms with Crippen molar-refractivity contribution in [1.29, 1.82) is 0 Å². The highest BCUT2D eigenvalue weighted by Gasteiger charge is 2.23. The first-order valence-corrected chi connectivity index (χ1v) is 19.2.